The van der Waals surface area contributed by atoms with E-state index >= 15 is 0 Å². The summed E-state index contributed by atoms with van der Waals surface area (Å²) in [6, 6.07) is 0. The van der Waals surface area contributed by atoms with Crippen LogP contribution < -0.4 is 0 Å². The van der Waals surface area contributed by atoms with E-state index < -0.39 is 0 Å². The highest BCUT2D eigenvalue weighted by molar-refractivity contribution is 8.01. The largest absolute Gasteiger partial charge is 0.508 e. The molecule has 0 radical (unpaired) electrons. The number of likely N-dealkylation sites (tertiary alicyclic amines) is 1. The number of hydrogen-bond acceptors (Lipinski definition) is 4. The maximum Gasteiger partial charge on any atom is 0.230 e. The van der Waals surface area contributed by atoms with Crippen LogP contribution in [0.3, 0.4) is 0 Å². The molecule has 0 aromatic heterocycles. The fraction of sp³-hybridized carbons (Fsp3) is 0.792. The first-order chi connectivity index (χ1) is 13.2. The molecule has 2 heterocycles. The SMILES string of the molecule is CC1SC2(CCN(C)CC2)CN1C(=O)C1C=C(C(C)(C)C)C(O)=C(C(C)(C)C)C1. The molecule has 0 aromatic carbocycles. The predicted molar refractivity (Wildman–Crippen MR) is 123 cm³/mol. The van der Waals surface area contributed by atoms with E-state index in [4.69, 9.17) is 0 Å². The lowest BCUT2D eigenvalue weighted by molar-refractivity contribution is -0.134. The molecular formula is C24H40N2O2S. The van der Waals surface area contributed by atoms with Gasteiger partial charge in [-0.1, -0.05) is 47.6 Å². The van der Waals surface area contributed by atoms with Crippen molar-refractivity contribution in [1.82, 2.24) is 9.80 Å². The predicted octanol–water partition coefficient (Wildman–Crippen LogP) is 5.22. The standard InChI is InChI=1S/C24H40N2O2S/c1-16-26(15-24(29-16)9-11-25(8)12-10-24)21(28)17-13-18(22(2,3)4)20(27)19(14-17)23(5,6)7/h13,16-17,27H,9-12,14-15H2,1-8H3. The van der Waals surface area contributed by atoms with Crippen LogP contribution in [0.15, 0.2) is 23.0 Å². The molecule has 1 spiro atoms. The summed E-state index contributed by atoms with van der Waals surface area (Å²) >= 11 is 2.00. The van der Waals surface area contributed by atoms with Crippen molar-refractivity contribution in [3.63, 3.8) is 0 Å². The van der Waals surface area contributed by atoms with Crippen LogP contribution in [-0.4, -0.2) is 57.6 Å². The third kappa shape index (κ3) is 4.56. The monoisotopic (exact) mass is 420 g/mol. The molecule has 4 nitrogen and oxygen atoms in total. The zero-order valence-corrected chi connectivity index (χ0v) is 20.4. The van der Waals surface area contributed by atoms with Gasteiger partial charge in [-0.25, -0.2) is 0 Å². The Morgan fingerprint density at radius 2 is 1.72 bits per heavy atom. The van der Waals surface area contributed by atoms with Gasteiger partial charge in [0, 0.05) is 11.3 Å². The van der Waals surface area contributed by atoms with Crippen molar-refractivity contribution >= 4 is 17.7 Å². The molecule has 3 aliphatic rings. The van der Waals surface area contributed by atoms with E-state index in [1.54, 1.807) is 0 Å². The molecule has 1 aliphatic carbocycles. The zero-order chi connectivity index (χ0) is 21.8. The van der Waals surface area contributed by atoms with Crippen LogP contribution in [0, 0.1) is 16.7 Å². The lowest BCUT2D eigenvalue weighted by Crippen LogP contribution is -2.45. The first-order valence-corrected chi connectivity index (χ1v) is 11.9. The van der Waals surface area contributed by atoms with Crippen molar-refractivity contribution in [2.75, 3.05) is 26.7 Å². The van der Waals surface area contributed by atoms with E-state index in [0.29, 0.717) is 12.2 Å². The van der Waals surface area contributed by atoms with Crippen molar-refractivity contribution in [3.8, 4) is 0 Å². The molecule has 1 amide bonds. The molecule has 2 fully saturated rings. The molecule has 2 atom stereocenters. The van der Waals surface area contributed by atoms with Crippen molar-refractivity contribution in [3.05, 3.63) is 23.0 Å². The van der Waals surface area contributed by atoms with Crippen molar-refractivity contribution in [1.29, 1.82) is 0 Å². The van der Waals surface area contributed by atoms with Crippen LogP contribution in [0.25, 0.3) is 0 Å². The maximum atomic E-state index is 13.7. The highest BCUT2D eigenvalue weighted by atomic mass is 32.2. The Bertz CT molecular complexity index is 718. The van der Waals surface area contributed by atoms with Gasteiger partial charge in [-0.3, -0.25) is 4.79 Å². The van der Waals surface area contributed by atoms with Crippen molar-refractivity contribution < 1.29 is 9.90 Å². The fourth-order valence-electron chi connectivity index (χ4n) is 4.92. The molecule has 2 unspecified atom stereocenters. The molecule has 0 aromatic rings. The lowest BCUT2D eigenvalue weighted by Gasteiger charge is -2.38. The quantitative estimate of drug-likeness (QED) is 0.631. The highest BCUT2D eigenvalue weighted by Crippen LogP contribution is 2.48. The van der Waals surface area contributed by atoms with Crippen molar-refractivity contribution in [2.45, 2.75) is 77.8 Å². The summed E-state index contributed by atoms with van der Waals surface area (Å²) in [5.74, 6) is 0.459. The van der Waals surface area contributed by atoms with Crippen LogP contribution >= 0.6 is 11.8 Å². The van der Waals surface area contributed by atoms with Gasteiger partial charge in [-0.05, 0) is 68.3 Å². The lowest BCUT2D eigenvalue weighted by atomic mass is 9.71. The van der Waals surface area contributed by atoms with Crippen LogP contribution in [0.5, 0.6) is 0 Å². The second kappa shape index (κ2) is 7.64. The fourth-order valence-corrected chi connectivity index (χ4v) is 6.58. The van der Waals surface area contributed by atoms with Gasteiger partial charge < -0.3 is 14.9 Å². The topological polar surface area (TPSA) is 43.8 Å². The third-order valence-corrected chi connectivity index (χ3v) is 8.50. The number of thioether (sulfide) groups is 1. The Hall–Kier alpha value is -0.940. The van der Waals surface area contributed by atoms with Gasteiger partial charge >= 0.3 is 0 Å². The average Bonchev–Trinajstić information content (AvgIpc) is 2.91. The molecule has 3 rings (SSSR count). The van der Waals surface area contributed by atoms with Crippen LogP contribution in [0.1, 0.15) is 67.7 Å². The maximum absolute atomic E-state index is 13.7. The zero-order valence-electron chi connectivity index (χ0n) is 19.6. The van der Waals surface area contributed by atoms with Crippen LogP contribution in [-0.2, 0) is 4.79 Å². The van der Waals surface area contributed by atoms with Gasteiger partial charge in [0.1, 0.15) is 5.76 Å². The Labute approximate surface area is 181 Å². The second-order valence-electron chi connectivity index (χ2n) is 11.4. The summed E-state index contributed by atoms with van der Waals surface area (Å²) in [6.07, 6.45) is 5.00. The molecule has 2 aliphatic heterocycles. The van der Waals surface area contributed by atoms with E-state index in [-0.39, 0.29) is 32.8 Å². The normalized spacial score (nSPS) is 28.8. The number of aliphatic hydroxyl groups excluding tert-OH is 1. The minimum absolute atomic E-state index is 0.159. The first kappa shape index (κ1) is 22.7. The Balaban J connectivity index is 1.86. The minimum Gasteiger partial charge on any atom is -0.508 e. The molecule has 29 heavy (non-hydrogen) atoms. The molecule has 2 saturated heterocycles. The summed E-state index contributed by atoms with van der Waals surface area (Å²) in [5.41, 5.74) is 1.57. The van der Waals surface area contributed by atoms with Gasteiger partial charge in [-0.2, -0.15) is 0 Å². The van der Waals surface area contributed by atoms with Gasteiger partial charge in [-0.15, -0.1) is 11.8 Å². The third-order valence-electron chi connectivity index (χ3n) is 6.86. The number of piperidine rings is 1. The molecule has 164 valence electrons. The first-order valence-electron chi connectivity index (χ1n) is 11.1. The number of amides is 1. The van der Waals surface area contributed by atoms with Crippen LogP contribution in [0.2, 0.25) is 0 Å². The number of carbonyl (C=O) groups excluding carboxylic acids is 1. The summed E-state index contributed by atoms with van der Waals surface area (Å²) in [5, 5.41) is 11.2. The van der Waals surface area contributed by atoms with E-state index in [9.17, 15) is 9.90 Å². The molecular weight excluding hydrogens is 380 g/mol. The van der Waals surface area contributed by atoms with Gasteiger partial charge in [0.25, 0.3) is 0 Å². The highest BCUT2D eigenvalue weighted by Gasteiger charge is 2.47. The van der Waals surface area contributed by atoms with Gasteiger partial charge in [0.05, 0.1) is 11.3 Å². The number of allylic oxidation sites excluding steroid dienone is 2. The van der Waals surface area contributed by atoms with E-state index in [2.05, 4.69) is 71.4 Å². The van der Waals surface area contributed by atoms with Crippen molar-refractivity contribution in [2.24, 2.45) is 16.7 Å². The van der Waals surface area contributed by atoms with E-state index in [1.165, 1.54) is 0 Å². The van der Waals surface area contributed by atoms with Gasteiger partial charge in [0.15, 0.2) is 0 Å². The molecule has 5 heteroatoms. The second-order valence-corrected chi connectivity index (χ2v) is 13.2. The summed E-state index contributed by atoms with van der Waals surface area (Å²) in [4.78, 5) is 18.2. The Morgan fingerprint density at radius 1 is 1.14 bits per heavy atom. The Morgan fingerprint density at radius 3 is 2.24 bits per heavy atom. The van der Waals surface area contributed by atoms with Crippen LogP contribution in [0.4, 0.5) is 0 Å². The molecule has 1 N–H and O–H groups in total. The summed E-state index contributed by atoms with van der Waals surface area (Å²) < 4.78 is 0.220. The minimum atomic E-state index is -0.194. The van der Waals surface area contributed by atoms with E-state index in [1.807, 2.05) is 11.8 Å². The summed E-state index contributed by atoms with van der Waals surface area (Å²) in [7, 11) is 2.19. The van der Waals surface area contributed by atoms with E-state index in [0.717, 1.165) is 43.6 Å². The number of hydrogen-bond donors (Lipinski definition) is 1. The number of aliphatic hydroxyl groups is 1. The number of carbonyl (C=O) groups is 1. The molecule has 0 saturated carbocycles. The Kier molecular flexibility index (Phi) is 5.99. The smallest absolute Gasteiger partial charge is 0.230 e. The molecule has 0 bridgehead atoms. The summed E-state index contributed by atoms with van der Waals surface area (Å²) in [6.45, 7) is 18.0. The van der Waals surface area contributed by atoms with Gasteiger partial charge in [0.2, 0.25) is 5.91 Å². The number of rotatable bonds is 1. The average molecular weight is 421 g/mol. The number of nitrogens with zero attached hydrogens (tertiary/aromatic N) is 2.